The molecule has 9 heteroatoms. The molecule has 0 unspecified atom stereocenters. The second kappa shape index (κ2) is 10.8. The molecule has 0 saturated carbocycles. The number of nitrogens with zero attached hydrogens (tertiary/aromatic N) is 1. The third-order valence-electron chi connectivity index (χ3n) is 4.88. The molecule has 3 aromatic rings. The van der Waals surface area contributed by atoms with Crippen LogP contribution in [0.4, 0.5) is 10.1 Å². The van der Waals surface area contributed by atoms with Crippen molar-refractivity contribution >= 4 is 37.5 Å². The number of carbonyl (C=O) groups excluding carboxylic acids is 1. The minimum Gasteiger partial charge on any atom is -0.484 e. The predicted octanol–water partition coefficient (Wildman–Crippen LogP) is 4.81. The van der Waals surface area contributed by atoms with Crippen molar-refractivity contribution in [2.45, 2.75) is 19.5 Å². The number of sulfonamides is 1. The number of halogens is 2. The summed E-state index contributed by atoms with van der Waals surface area (Å²) in [4.78, 5) is 12.2. The fourth-order valence-electron chi connectivity index (χ4n) is 3.13. The van der Waals surface area contributed by atoms with E-state index in [1.165, 1.54) is 16.4 Å². The van der Waals surface area contributed by atoms with E-state index in [4.69, 9.17) is 4.74 Å². The highest BCUT2D eigenvalue weighted by atomic mass is 79.9. The Hall–Kier alpha value is -2.91. The van der Waals surface area contributed by atoms with Crippen LogP contribution in [0.3, 0.4) is 0 Å². The largest absolute Gasteiger partial charge is 0.484 e. The lowest BCUT2D eigenvalue weighted by Crippen LogP contribution is -2.31. The van der Waals surface area contributed by atoms with E-state index in [-0.39, 0.29) is 30.9 Å². The van der Waals surface area contributed by atoms with Crippen molar-refractivity contribution in [3.63, 3.8) is 0 Å². The average Bonchev–Trinajstić information content (AvgIpc) is 2.77. The van der Waals surface area contributed by atoms with Gasteiger partial charge >= 0.3 is 0 Å². The molecule has 1 atom stereocenters. The van der Waals surface area contributed by atoms with Crippen molar-refractivity contribution in [1.29, 1.82) is 0 Å². The second-order valence-corrected chi connectivity index (χ2v) is 10.3. The highest BCUT2D eigenvalue weighted by Crippen LogP contribution is 2.24. The van der Waals surface area contributed by atoms with Crippen LogP contribution in [0.15, 0.2) is 77.3 Å². The number of carbonyl (C=O) groups is 1. The maximum Gasteiger partial charge on any atom is 0.258 e. The van der Waals surface area contributed by atoms with Crippen molar-refractivity contribution in [2.24, 2.45) is 0 Å². The van der Waals surface area contributed by atoms with Gasteiger partial charge in [-0.1, -0.05) is 40.2 Å². The first kappa shape index (κ1) is 24.7. The second-order valence-electron chi connectivity index (χ2n) is 7.52. The van der Waals surface area contributed by atoms with Gasteiger partial charge in [0.05, 0.1) is 24.5 Å². The number of benzene rings is 3. The van der Waals surface area contributed by atoms with Crippen LogP contribution in [-0.4, -0.2) is 27.2 Å². The van der Waals surface area contributed by atoms with Gasteiger partial charge in [-0.15, -0.1) is 0 Å². The summed E-state index contributed by atoms with van der Waals surface area (Å²) < 4.78 is 45.5. The molecule has 0 aliphatic heterocycles. The standard InChI is InChI=1S/C24H24BrFN2O4S/c1-17(19-5-7-20(25)8-6-19)27-24(29)16-32-23-13-11-22(12-14-23)28(33(2,30)31)15-18-3-9-21(26)10-4-18/h3-14,17H,15-16H2,1-2H3,(H,27,29)/t17-/m1/s1. The summed E-state index contributed by atoms with van der Waals surface area (Å²) in [6, 6.07) is 19.5. The number of hydrogen-bond donors (Lipinski definition) is 1. The summed E-state index contributed by atoms with van der Waals surface area (Å²) in [6.07, 6.45) is 1.11. The van der Waals surface area contributed by atoms with Crippen LogP contribution in [0.5, 0.6) is 5.75 Å². The van der Waals surface area contributed by atoms with Crippen molar-refractivity contribution in [2.75, 3.05) is 17.2 Å². The van der Waals surface area contributed by atoms with Gasteiger partial charge in [0.25, 0.3) is 5.91 Å². The lowest BCUT2D eigenvalue weighted by molar-refractivity contribution is -0.123. The van der Waals surface area contributed by atoms with Crippen LogP contribution in [0.25, 0.3) is 0 Å². The van der Waals surface area contributed by atoms with Gasteiger partial charge in [-0.2, -0.15) is 0 Å². The van der Waals surface area contributed by atoms with Gasteiger partial charge < -0.3 is 10.1 Å². The Labute approximate surface area is 201 Å². The van der Waals surface area contributed by atoms with Crippen LogP contribution in [0.1, 0.15) is 24.1 Å². The molecule has 0 spiro atoms. The Morgan fingerprint density at radius 3 is 2.21 bits per heavy atom. The molecule has 1 amide bonds. The third-order valence-corrected chi connectivity index (χ3v) is 6.55. The number of amides is 1. The molecule has 1 N–H and O–H groups in total. The highest BCUT2D eigenvalue weighted by molar-refractivity contribution is 9.10. The first-order valence-corrected chi connectivity index (χ1v) is 12.8. The third kappa shape index (κ3) is 7.30. The summed E-state index contributed by atoms with van der Waals surface area (Å²) in [7, 11) is -3.58. The predicted molar refractivity (Wildman–Crippen MR) is 130 cm³/mol. The topological polar surface area (TPSA) is 75.7 Å². The minimum atomic E-state index is -3.58. The molecule has 0 radical (unpaired) electrons. The van der Waals surface area contributed by atoms with Gasteiger partial charge in [0.15, 0.2) is 6.61 Å². The highest BCUT2D eigenvalue weighted by Gasteiger charge is 2.18. The molecule has 6 nitrogen and oxygen atoms in total. The fraction of sp³-hybridized carbons (Fsp3) is 0.208. The summed E-state index contributed by atoms with van der Waals surface area (Å²) in [5.74, 6) is -0.231. The maximum atomic E-state index is 13.1. The summed E-state index contributed by atoms with van der Waals surface area (Å²) >= 11 is 3.38. The van der Waals surface area contributed by atoms with E-state index in [9.17, 15) is 17.6 Å². The number of ether oxygens (including phenoxy) is 1. The monoisotopic (exact) mass is 534 g/mol. The van der Waals surface area contributed by atoms with Crippen LogP contribution in [0.2, 0.25) is 0 Å². The molecule has 0 fully saturated rings. The Bertz CT molecular complexity index is 1180. The van der Waals surface area contributed by atoms with E-state index < -0.39 is 10.0 Å². The van der Waals surface area contributed by atoms with E-state index in [0.717, 1.165) is 16.3 Å². The van der Waals surface area contributed by atoms with Gasteiger partial charge in [0.1, 0.15) is 11.6 Å². The quantitative estimate of drug-likeness (QED) is 0.427. The number of nitrogens with one attached hydrogen (secondary N) is 1. The van der Waals surface area contributed by atoms with E-state index in [2.05, 4.69) is 21.2 Å². The van der Waals surface area contributed by atoms with Crippen LogP contribution in [-0.2, 0) is 21.4 Å². The average molecular weight is 535 g/mol. The van der Waals surface area contributed by atoms with Crippen molar-refractivity contribution in [3.05, 3.63) is 94.2 Å². The molecule has 0 heterocycles. The van der Waals surface area contributed by atoms with Crippen LogP contribution in [0, 0.1) is 5.82 Å². The molecule has 3 rings (SSSR count). The van der Waals surface area contributed by atoms with Gasteiger partial charge in [-0.25, -0.2) is 12.8 Å². The molecular formula is C24H24BrFN2O4S. The first-order chi connectivity index (χ1) is 15.6. The Morgan fingerprint density at radius 1 is 1.03 bits per heavy atom. The van der Waals surface area contributed by atoms with Crippen LogP contribution >= 0.6 is 15.9 Å². The van der Waals surface area contributed by atoms with E-state index in [0.29, 0.717) is 17.0 Å². The lowest BCUT2D eigenvalue weighted by Gasteiger charge is -2.23. The lowest BCUT2D eigenvalue weighted by atomic mass is 10.1. The molecule has 0 bridgehead atoms. The molecule has 0 aromatic heterocycles. The Balaban J connectivity index is 1.60. The normalized spacial score (nSPS) is 12.1. The van der Waals surface area contributed by atoms with E-state index in [1.807, 2.05) is 31.2 Å². The van der Waals surface area contributed by atoms with Gasteiger partial charge in [0.2, 0.25) is 10.0 Å². The zero-order valence-electron chi connectivity index (χ0n) is 18.2. The first-order valence-electron chi connectivity index (χ1n) is 10.1. The molecule has 33 heavy (non-hydrogen) atoms. The van der Waals surface area contributed by atoms with Crippen molar-refractivity contribution < 1.29 is 22.3 Å². The smallest absolute Gasteiger partial charge is 0.258 e. The van der Waals surface area contributed by atoms with Crippen LogP contribution < -0.4 is 14.4 Å². The molecule has 0 aliphatic rings. The summed E-state index contributed by atoms with van der Waals surface area (Å²) in [5, 5.41) is 2.87. The summed E-state index contributed by atoms with van der Waals surface area (Å²) in [6.45, 7) is 1.78. The van der Waals surface area contributed by atoms with Crippen molar-refractivity contribution in [1.82, 2.24) is 5.32 Å². The minimum absolute atomic E-state index is 0.0651. The number of anilines is 1. The zero-order chi connectivity index (χ0) is 24.0. The van der Waals surface area contributed by atoms with Gasteiger partial charge in [-0.05, 0) is 66.6 Å². The molecule has 0 aliphatic carbocycles. The molecule has 0 saturated heterocycles. The SMILES string of the molecule is C[C@@H](NC(=O)COc1ccc(N(Cc2ccc(F)cc2)S(C)(=O)=O)cc1)c1ccc(Br)cc1. The number of rotatable bonds is 9. The van der Waals surface area contributed by atoms with Gasteiger partial charge in [0, 0.05) is 4.47 Å². The van der Waals surface area contributed by atoms with E-state index in [1.54, 1.807) is 36.4 Å². The fourth-order valence-corrected chi connectivity index (χ4v) is 4.28. The Kier molecular flexibility index (Phi) is 8.10. The Morgan fingerprint density at radius 2 is 1.64 bits per heavy atom. The zero-order valence-corrected chi connectivity index (χ0v) is 20.6. The number of hydrogen-bond acceptors (Lipinski definition) is 4. The maximum absolute atomic E-state index is 13.1. The summed E-state index contributed by atoms with van der Waals surface area (Å²) in [5.41, 5.74) is 2.05. The van der Waals surface area contributed by atoms with E-state index >= 15 is 0 Å². The van der Waals surface area contributed by atoms with Crippen molar-refractivity contribution in [3.8, 4) is 5.75 Å². The molecule has 174 valence electrons. The molecular weight excluding hydrogens is 511 g/mol. The van der Waals surface area contributed by atoms with Gasteiger partial charge in [-0.3, -0.25) is 9.10 Å². The molecule has 3 aromatic carbocycles.